The first-order chi connectivity index (χ1) is 29.4. The van der Waals surface area contributed by atoms with Crippen LogP contribution in [0, 0.1) is 0 Å². The Morgan fingerprint density at radius 2 is 0.933 bits per heavy atom. The standard InChI is InChI=1S/C44H28O/c1-3-13-29(14-4-1)30-23-25-32(26-24-30)42-35-18-7-9-20-37(35)43(38-21-10-8-19-36(38)42)33-27-39(31-15-5-2-6-16-31)44-40(28-33)34-17-11-12-22-41(34)45-44/h1-28H/i2D,5D,6D,7D,8D,9D,10D,15D,16D,18D,19D,20D,21D,23D,24D,25D,26D. The van der Waals surface area contributed by atoms with Crippen LogP contribution in [-0.4, -0.2) is 0 Å². The Morgan fingerprint density at radius 3 is 1.60 bits per heavy atom. The van der Waals surface area contributed by atoms with Gasteiger partial charge in [0, 0.05) is 16.3 Å². The molecule has 0 aliphatic rings. The lowest BCUT2D eigenvalue weighted by Gasteiger charge is -2.18. The van der Waals surface area contributed by atoms with Crippen molar-refractivity contribution in [2.24, 2.45) is 0 Å². The largest absolute Gasteiger partial charge is 0.455 e. The van der Waals surface area contributed by atoms with E-state index in [1.54, 1.807) is 60.7 Å². The SMILES string of the molecule is [2H]c1c([2H])c([2H])c(-c2cc(-c3c4c([2H])c([2H])c([2H])c([2H])c4c(-c4c([2H])c([2H])c(-c5ccccc5)c([2H])c4[2H])c4c([2H])c([2H])c([2H])c([2H])c34)cc3c2oc2ccccc23)c([2H])c1[2H]. The molecule has 0 bridgehead atoms. The van der Waals surface area contributed by atoms with Crippen LogP contribution < -0.4 is 0 Å². The highest BCUT2D eigenvalue weighted by Crippen LogP contribution is 2.46. The molecule has 0 saturated carbocycles. The van der Waals surface area contributed by atoms with Crippen LogP contribution in [0.4, 0.5) is 0 Å². The molecule has 0 spiro atoms. The summed E-state index contributed by atoms with van der Waals surface area (Å²) in [5, 5.41) is -0.479. The molecule has 1 heteroatoms. The van der Waals surface area contributed by atoms with Crippen LogP contribution in [0.1, 0.15) is 23.3 Å². The molecule has 1 nitrogen and oxygen atoms in total. The van der Waals surface area contributed by atoms with Gasteiger partial charge >= 0.3 is 0 Å². The van der Waals surface area contributed by atoms with Crippen molar-refractivity contribution in [3.8, 4) is 44.5 Å². The maximum atomic E-state index is 9.44. The van der Waals surface area contributed by atoms with E-state index in [1.165, 1.54) is 6.07 Å². The van der Waals surface area contributed by atoms with Crippen molar-refractivity contribution < 1.29 is 27.7 Å². The Kier molecular flexibility index (Phi) is 3.18. The van der Waals surface area contributed by atoms with Crippen LogP contribution in [0.15, 0.2) is 174 Å². The van der Waals surface area contributed by atoms with Crippen molar-refractivity contribution in [2.75, 3.05) is 0 Å². The van der Waals surface area contributed by atoms with E-state index < -0.39 is 108 Å². The smallest absolute Gasteiger partial charge is 0.143 e. The van der Waals surface area contributed by atoms with Gasteiger partial charge in [-0.05, 0) is 78.7 Å². The number of fused-ring (bicyclic) bond motifs is 5. The Hall–Kier alpha value is -5.92. The summed E-state index contributed by atoms with van der Waals surface area (Å²) in [6.45, 7) is 0. The third-order valence-corrected chi connectivity index (χ3v) is 7.85. The molecule has 0 N–H and O–H groups in total. The number of benzene rings is 8. The number of hydrogen-bond acceptors (Lipinski definition) is 1. The van der Waals surface area contributed by atoms with E-state index in [-0.39, 0.29) is 60.5 Å². The third-order valence-electron chi connectivity index (χ3n) is 7.85. The van der Waals surface area contributed by atoms with Crippen molar-refractivity contribution in [1.29, 1.82) is 0 Å². The lowest BCUT2D eigenvalue weighted by molar-refractivity contribution is 0.670. The molecule has 210 valence electrons. The Balaban J connectivity index is 1.57. The molecule has 0 radical (unpaired) electrons. The fourth-order valence-corrected chi connectivity index (χ4v) is 5.89. The zero-order chi connectivity index (χ0) is 44.5. The zero-order valence-corrected chi connectivity index (χ0v) is 23.3. The second kappa shape index (κ2) is 10.4. The minimum Gasteiger partial charge on any atom is -0.455 e. The van der Waals surface area contributed by atoms with Crippen molar-refractivity contribution in [3.63, 3.8) is 0 Å². The zero-order valence-electron chi connectivity index (χ0n) is 40.3. The summed E-state index contributed by atoms with van der Waals surface area (Å²) in [6.07, 6.45) is 0. The van der Waals surface area contributed by atoms with Crippen LogP contribution in [0.25, 0.3) is 88.0 Å². The Labute approximate surface area is 285 Å². The fourth-order valence-electron chi connectivity index (χ4n) is 5.89. The normalized spacial score (nSPS) is 16.8. The topological polar surface area (TPSA) is 13.1 Å². The average molecular weight is 590 g/mol. The second-order valence-electron chi connectivity index (χ2n) is 10.4. The van der Waals surface area contributed by atoms with Gasteiger partial charge in [0.25, 0.3) is 0 Å². The number of rotatable bonds is 4. The predicted octanol–water partition coefficient (Wildman–Crippen LogP) is 12.6. The Bertz CT molecular complexity index is 3350. The van der Waals surface area contributed by atoms with Crippen LogP contribution in [-0.2, 0) is 0 Å². The highest BCUT2D eigenvalue weighted by molar-refractivity contribution is 6.23. The minimum absolute atomic E-state index is 0.0196. The molecule has 1 aromatic heterocycles. The van der Waals surface area contributed by atoms with Gasteiger partial charge in [-0.3, -0.25) is 0 Å². The first-order valence-corrected chi connectivity index (χ1v) is 14.1. The summed E-state index contributed by atoms with van der Waals surface area (Å²) >= 11 is 0. The van der Waals surface area contributed by atoms with E-state index in [4.69, 9.17) is 19.5 Å². The van der Waals surface area contributed by atoms with E-state index in [1.807, 2.05) is 0 Å². The number of hydrogen-bond donors (Lipinski definition) is 0. The maximum Gasteiger partial charge on any atom is 0.143 e. The quantitative estimate of drug-likeness (QED) is 0.186. The summed E-state index contributed by atoms with van der Waals surface area (Å²) in [5.74, 6) is 0. The third kappa shape index (κ3) is 4.17. The summed E-state index contributed by atoms with van der Waals surface area (Å²) in [4.78, 5) is 0. The molecule has 0 atom stereocenters. The van der Waals surface area contributed by atoms with Crippen LogP contribution >= 0.6 is 0 Å². The van der Waals surface area contributed by atoms with Gasteiger partial charge in [-0.25, -0.2) is 0 Å². The molecule has 0 aliphatic heterocycles. The van der Waals surface area contributed by atoms with E-state index in [9.17, 15) is 8.22 Å². The molecular formula is C44H28O. The molecule has 0 aliphatic carbocycles. The molecule has 9 aromatic rings. The second-order valence-corrected chi connectivity index (χ2v) is 10.4. The molecular weight excluding hydrogens is 544 g/mol. The highest BCUT2D eigenvalue weighted by atomic mass is 16.3. The summed E-state index contributed by atoms with van der Waals surface area (Å²) < 4.78 is 159. The summed E-state index contributed by atoms with van der Waals surface area (Å²) in [5.41, 5.74) is -0.485. The molecule has 1 heterocycles. The molecule has 0 amide bonds. The van der Waals surface area contributed by atoms with E-state index in [0.29, 0.717) is 21.9 Å². The lowest BCUT2D eigenvalue weighted by atomic mass is 9.84. The van der Waals surface area contributed by atoms with Gasteiger partial charge in [0.2, 0.25) is 0 Å². The first kappa shape index (κ1) is 13.8. The van der Waals surface area contributed by atoms with E-state index >= 15 is 0 Å². The maximum absolute atomic E-state index is 9.44. The summed E-state index contributed by atoms with van der Waals surface area (Å²) in [6, 6.07) is 7.01. The van der Waals surface area contributed by atoms with E-state index in [0.717, 1.165) is 0 Å². The number of para-hydroxylation sites is 1. The van der Waals surface area contributed by atoms with Crippen molar-refractivity contribution >= 4 is 43.5 Å². The van der Waals surface area contributed by atoms with Gasteiger partial charge in [0.05, 0.1) is 23.3 Å². The van der Waals surface area contributed by atoms with Crippen LogP contribution in [0.3, 0.4) is 0 Å². The van der Waals surface area contributed by atoms with Crippen LogP contribution in [0.5, 0.6) is 0 Å². The molecule has 45 heavy (non-hydrogen) atoms. The predicted molar refractivity (Wildman–Crippen MR) is 190 cm³/mol. The molecule has 9 rings (SSSR count). The van der Waals surface area contributed by atoms with Crippen molar-refractivity contribution in [2.45, 2.75) is 0 Å². The molecule has 8 aromatic carbocycles. The molecule has 0 saturated heterocycles. The average Bonchev–Trinajstić information content (AvgIpc) is 3.65. The van der Waals surface area contributed by atoms with Gasteiger partial charge in [0.1, 0.15) is 11.2 Å². The first-order valence-electron chi connectivity index (χ1n) is 22.6. The molecule has 0 unspecified atom stereocenters. The minimum atomic E-state index is -0.748. The Morgan fingerprint density at radius 1 is 0.378 bits per heavy atom. The molecule has 0 fully saturated rings. The van der Waals surface area contributed by atoms with Gasteiger partial charge in [0.15, 0.2) is 0 Å². The highest BCUT2D eigenvalue weighted by Gasteiger charge is 2.20. The fraction of sp³-hybridized carbons (Fsp3) is 0. The van der Waals surface area contributed by atoms with Crippen LogP contribution in [0.2, 0.25) is 0 Å². The van der Waals surface area contributed by atoms with Gasteiger partial charge in [-0.1, -0.05) is 151 Å². The monoisotopic (exact) mass is 589 g/mol. The van der Waals surface area contributed by atoms with Crippen molar-refractivity contribution in [1.82, 2.24) is 0 Å². The van der Waals surface area contributed by atoms with E-state index in [2.05, 4.69) is 0 Å². The van der Waals surface area contributed by atoms with Gasteiger partial charge in [-0.2, -0.15) is 0 Å². The van der Waals surface area contributed by atoms with Gasteiger partial charge in [-0.15, -0.1) is 0 Å². The number of furan rings is 1. The lowest BCUT2D eigenvalue weighted by Crippen LogP contribution is -1.91. The van der Waals surface area contributed by atoms with Gasteiger partial charge < -0.3 is 4.42 Å². The van der Waals surface area contributed by atoms with Crippen molar-refractivity contribution in [3.05, 3.63) is 169 Å². The summed E-state index contributed by atoms with van der Waals surface area (Å²) in [7, 11) is 0.